The van der Waals surface area contributed by atoms with Crippen LogP contribution in [0.3, 0.4) is 0 Å². The minimum Gasteiger partial charge on any atom is -0.492 e. The largest absolute Gasteiger partial charge is 0.492 e. The van der Waals surface area contributed by atoms with Crippen molar-refractivity contribution in [2.24, 2.45) is 0 Å². The van der Waals surface area contributed by atoms with E-state index in [1.54, 1.807) is 26.0 Å². The highest BCUT2D eigenvalue weighted by Crippen LogP contribution is 2.43. The molecule has 2 aromatic carbocycles. The summed E-state index contributed by atoms with van der Waals surface area (Å²) < 4.78 is 11.8. The third-order valence-corrected chi connectivity index (χ3v) is 4.85. The average molecular weight is 352 g/mol. The maximum atomic E-state index is 12.6. The Kier molecular flexibility index (Phi) is 3.86. The van der Waals surface area contributed by atoms with Crippen molar-refractivity contribution in [2.45, 2.75) is 31.5 Å². The van der Waals surface area contributed by atoms with Crippen molar-refractivity contribution in [1.82, 2.24) is 0 Å². The summed E-state index contributed by atoms with van der Waals surface area (Å²) in [6.45, 7) is 3.32. The zero-order valence-electron chi connectivity index (χ0n) is 14.6. The normalized spacial score (nSPS) is 17.8. The molecule has 134 valence electrons. The van der Waals surface area contributed by atoms with Crippen LogP contribution < -0.4 is 10.2 Å². The Balaban J connectivity index is 1.95. The quantitative estimate of drug-likeness (QED) is 0.757. The van der Waals surface area contributed by atoms with E-state index in [0.29, 0.717) is 28.0 Å². The van der Waals surface area contributed by atoms with Gasteiger partial charge in [0.05, 0.1) is 29.6 Å². The van der Waals surface area contributed by atoms with Gasteiger partial charge in [0, 0.05) is 17.2 Å². The lowest BCUT2D eigenvalue weighted by Crippen LogP contribution is -2.41. The number of rotatable bonds is 3. The molecule has 4 rings (SSSR count). The molecule has 2 N–H and O–H groups in total. The molecule has 0 aliphatic carbocycles. The summed E-state index contributed by atoms with van der Waals surface area (Å²) in [5, 5.41) is 21.3. The van der Waals surface area contributed by atoms with E-state index in [1.807, 2.05) is 30.3 Å². The molecule has 2 atom stereocenters. The average Bonchev–Trinajstić information content (AvgIpc) is 3.05. The number of benzene rings is 2. The molecule has 0 spiro atoms. The van der Waals surface area contributed by atoms with E-state index >= 15 is 0 Å². The second-order valence-corrected chi connectivity index (χ2v) is 7.21. The Hall–Kier alpha value is -2.63. The zero-order chi connectivity index (χ0) is 18.5. The third kappa shape index (κ3) is 2.69. The van der Waals surface area contributed by atoms with Gasteiger partial charge in [0.15, 0.2) is 5.43 Å². The van der Waals surface area contributed by atoms with Crippen molar-refractivity contribution in [1.29, 1.82) is 0 Å². The van der Waals surface area contributed by atoms with Gasteiger partial charge in [-0.1, -0.05) is 30.3 Å². The fourth-order valence-corrected chi connectivity index (χ4v) is 3.45. The van der Waals surface area contributed by atoms with E-state index in [-0.39, 0.29) is 12.0 Å². The molecular formula is C21H20O5. The summed E-state index contributed by atoms with van der Waals surface area (Å²) in [7, 11) is 0. The first-order valence-corrected chi connectivity index (χ1v) is 8.55. The number of hydrogen-bond acceptors (Lipinski definition) is 5. The summed E-state index contributed by atoms with van der Waals surface area (Å²) >= 11 is 0. The van der Waals surface area contributed by atoms with Gasteiger partial charge < -0.3 is 19.4 Å². The highest BCUT2D eigenvalue weighted by molar-refractivity contribution is 5.85. The maximum Gasteiger partial charge on any atom is 0.193 e. The molecule has 5 heteroatoms. The Morgan fingerprint density at radius 2 is 1.88 bits per heavy atom. The summed E-state index contributed by atoms with van der Waals surface area (Å²) in [6.07, 6.45) is -1.06. The van der Waals surface area contributed by atoms with Crippen LogP contribution in [0.4, 0.5) is 0 Å². The fraction of sp³-hybridized carbons (Fsp3) is 0.286. The first kappa shape index (κ1) is 16.8. The van der Waals surface area contributed by atoms with Gasteiger partial charge in [-0.05, 0) is 26.0 Å². The van der Waals surface area contributed by atoms with Crippen LogP contribution >= 0.6 is 0 Å². The summed E-state index contributed by atoms with van der Waals surface area (Å²) in [5.74, 6) is 0.543. The lowest BCUT2D eigenvalue weighted by Gasteiger charge is -2.28. The molecule has 2 unspecified atom stereocenters. The maximum absolute atomic E-state index is 12.6. The summed E-state index contributed by atoms with van der Waals surface area (Å²) in [4.78, 5) is 12.6. The molecule has 0 saturated carbocycles. The predicted octanol–water partition coefficient (Wildman–Crippen LogP) is 3.07. The molecule has 0 saturated heterocycles. The van der Waals surface area contributed by atoms with Crippen LogP contribution in [0.2, 0.25) is 0 Å². The van der Waals surface area contributed by atoms with Crippen LogP contribution in [-0.4, -0.2) is 28.5 Å². The smallest absolute Gasteiger partial charge is 0.193 e. The van der Waals surface area contributed by atoms with Crippen LogP contribution in [0.25, 0.3) is 22.3 Å². The third-order valence-electron chi connectivity index (χ3n) is 4.85. The summed E-state index contributed by atoms with van der Waals surface area (Å²) in [6, 6.07) is 14.2. The number of ether oxygens (including phenoxy) is 1. The van der Waals surface area contributed by atoms with Crippen LogP contribution in [0.5, 0.6) is 5.75 Å². The highest BCUT2D eigenvalue weighted by atomic mass is 16.5. The van der Waals surface area contributed by atoms with E-state index < -0.39 is 17.6 Å². The van der Waals surface area contributed by atoms with Crippen molar-refractivity contribution in [3.05, 3.63) is 64.3 Å². The second kappa shape index (κ2) is 5.97. The molecular weight excluding hydrogens is 332 g/mol. The van der Waals surface area contributed by atoms with Gasteiger partial charge in [0.2, 0.25) is 0 Å². The highest BCUT2D eigenvalue weighted by Gasteiger charge is 2.40. The van der Waals surface area contributed by atoms with E-state index in [1.165, 1.54) is 6.07 Å². The van der Waals surface area contributed by atoms with E-state index in [9.17, 15) is 15.0 Å². The molecule has 0 fully saturated rings. The molecule has 26 heavy (non-hydrogen) atoms. The number of aliphatic hydroxyl groups is 2. The Morgan fingerprint density at radius 3 is 2.58 bits per heavy atom. The molecule has 2 heterocycles. The van der Waals surface area contributed by atoms with Gasteiger partial charge >= 0.3 is 0 Å². The van der Waals surface area contributed by atoms with Gasteiger partial charge in [0.25, 0.3) is 0 Å². The van der Waals surface area contributed by atoms with Crippen LogP contribution in [0.15, 0.2) is 57.7 Å². The SMILES string of the molecule is CC(C)(O)C(O)C1COc2ccc3c(=O)cc(-c4ccccc4)oc3c21. The Labute approximate surface area is 150 Å². The minimum absolute atomic E-state index is 0.156. The van der Waals surface area contributed by atoms with Gasteiger partial charge in [-0.3, -0.25) is 4.79 Å². The van der Waals surface area contributed by atoms with Gasteiger partial charge in [-0.25, -0.2) is 0 Å². The van der Waals surface area contributed by atoms with E-state index in [2.05, 4.69) is 0 Å². The van der Waals surface area contributed by atoms with Crippen molar-refractivity contribution in [3.63, 3.8) is 0 Å². The number of hydrogen-bond donors (Lipinski definition) is 2. The standard InChI is InChI=1S/C21H20O5/c1-21(2,24)20(23)14-11-25-16-9-8-13-15(22)10-17(26-19(13)18(14)16)12-6-4-3-5-7-12/h3-10,14,20,23-24H,11H2,1-2H3. The molecule has 1 aromatic heterocycles. The van der Waals surface area contributed by atoms with E-state index in [4.69, 9.17) is 9.15 Å². The Morgan fingerprint density at radius 1 is 1.15 bits per heavy atom. The molecule has 5 nitrogen and oxygen atoms in total. The molecule has 0 bridgehead atoms. The lowest BCUT2D eigenvalue weighted by atomic mass is 9.85. The molecule has 1 aliphatic rings. The van der Waals surface area contributed by atoms with Crippen molar-refractivity contribution in [3.8, 4) is 17.1 Å². The van der Waals surface area contributed by atoms with Crippen LogP contribution in [0.1, 0.15) is 25.3 Å². The van der Waals surface area contributed by atoms with Crippen LogP contribution in [0, 0.1) is 0 Å². The van der Waals surface area contributed by atoms with Gasteiger partial charge in [0.1, 0.15) is 17.1 Å². The molecule has 1 aliphatic heterocycles. The number of fused-ring (bicyclic) bond motifs is 3. The summed E-state index contributed by atoms with van der Waals surface area (Å²) in [5.41, 5.74) is 0.361. The minimum atomic E-state index is -1.31. The van der Waals surface area contributed by atoms with Crippen molar-refractivity contribution < 1.29 is 19.4 Å². The first-order valence-electron chi connectivity index (χ1n) is 8.55. The first-order chi connectivity index (χ1) is 12.4. The van der Waals surface area contributed by atoms with E-state index in [0.717, 1.165) is 5.56 Å². The van der Waals surface area contributed by atoms with Gasteiger partial charge in [-0.2, -0.15) is 0 Å². The van der Waals surface area contributed by atoms with Crippen molar-refractivity contribution >= 4 is 11.0 Å². The lowest BCUT2D eigenvalue weighted by molar-refractivity contribution is -0.0628. The molecule has 0 radical (unpaired) electrons. The predicted molar refractivity (Wildman–Crippen MR) is 98.5 cm³/mol. The monoisotopic (exact) mass is 352 g/mol. The second-order valence-electron chi connectivity index (χ2n) is 7.21. The van der Waals surface area contributed by atoms with Crippen molar-refractivity contribution in [2.75, 3.05) is 6.61 Å². The topological polar surface area (TPSA) is 79.9 Å². The van der Waals surface area contributed by atoms with Crippen LogP contribution in [-0.2, 0) is 0 Å². The van der Waals surface area contributed by atoms with Gasteiger partial charge in [-0.15, -0.1) is 0 Å². The Bertz CT molecular complexity index is 1010. The zero-order valence-corrected chi connectivity index (χ0v) is 14.6. The molecule has 3 aromatic rings. The number of aliphatic hydroxyl groups excluding tert-OH is 1. The molecule has 0 amide bonds. The fourth-order valence-electron chi connectivity index (χ4n) is 3.45.